The summed E-state index contributed by atoms with van der Waals surface area (Å²) in [6.45, 7) is 0. The summed E-state index contributed by atoms with van der Waals surface area (Å²) in [4.78, 5) is 28.2. The number of amides is 2. The van der Waals surface area contributed by atoms with Crippen LogP contribution in [0.1, 0.15) is 43.2 Å². The topological polar surface area (TPSA) is 62.3 Å². The fourth-order valence-corrected chi connectivity index (χ4v) is 4.84. The van der Waals surface area contributed by atoms with Gasteiger partial charge in [0.25, 0.3) is 11.8 Å². The minimum absolute atomic E-state index is 0.00194. The van der Waals surface area contributed by atoms with E-state index in [0.29, 0.717) is 19.2 Å². The zero-order chi connectivity index (χ0) is 37.9. The summed E-state index contributed by atoms with van der Waals surface area (Å²) in [6, 6.07) is 0.731. The number of halogens is 18. The first-order valence-electron chi connectivity index (χ1n) is 12.2. The molecule has 3 rings (SSSR count). The largest absolute Gasteiger partial charge is 0.435 e. The lowest BCUT2D eigenvalue weighted by molar-refractivity contribution is -0.348. The van der Waals surface area contributed by atoms with Crippen LogP contribution >= 0.6 is 22.6 Å². The van der Waals surface area contributed by atoms with Gasteiger partial charge in [0.1, 0.15) is 5.69 Å². The standard InChI is InChI=1S/C26H11F17IN3O2/c1-47(20(49)11-5-6-15(23(32,33)34)45-18(11)24(35,36)37)14-4-2-3-10(16(14)27)19(48)46-17-12(22(29,30)31)7-9(8-13(17)44)21(28,25(38,39)40)26(41,42)43/h2-8H,1H3,(H,46,48). The molecule has 0 atom stereocenters. The lowest BCUT2D eigenvalue weighted by Crippen LogP contribution is -2.50. The SMILES string of the molecule is CN(C(=O)c1ccc(C(F)(F)F)nc1C(F)(F)F)c1cccc(C(=O)Nc2c(I)cc(C(F)(C(F)(F)F)C(F)(F)F)cc2C(F)(F)F)c1F. The number of carbonyl (C=O) groups is 2. The minimum atomic E-state index is -6.83. The molecule has 0 bridgehead atoms. The monoisotopic (exact) mass is 847 g/mol. The molecular formula is C26H11F17IN3O2. The van der Waals surface area contributed by atoms with E-state index in [4.69, 9.17) is 0 Å². The van der Waals surface area contributed by atoms with Gasteiger partial charge < -0.3 is 10.2 Å². The third kappa shape index (κ3) is 7.64. The Labute approximate surface area is 274 Å². The van der Waals surface area contributed by atoms with E-state index in [-0.39, 0.29) is 23.1 Å². The van der Waals surface area contributed by atoms with Gasteiger partial charge in [-0.1, -0.05) is 6.07 Å². The van der Waals surface area contributed by atoms with Crippen molar-refractivity contribution in [1.29, 1.82) is 0 Å². The molecule has 1 aromatic heterocycles. The molecule has 0 aliphatic carbocycles. The highest BCUT2D eigenvalue weighted by atomic mass is 127. The number of nitrogens with one attached hydrogen (secondary N) is 1. The number of hydrogen-bond donors (Lipinski definition) is 1. The van der Waals surface area contributed by atoms with Crippen LogP contribution in [0.5, 0.6) is 0 Å². The molecule has 23 heteroatoms. The lowest BCUT2D eigenvalue weighted by atomic mass is 9.92. The van der Waals surface area contributed by atoms with E-state index < -0.39 is 109 Å². The highest BCUT2D eigenvalue weighted by Crippen LogP contribution is 2.55. The molecule has 268 valence electrons. The first kappa shape index (κ1) is 39.5. The summed E-state index contributed by atoms with van der Waals surface area (Å²) in [6.07, 6.45) is -30.6. The van der Waals surface area contributed by atoms with Crippen molar-refractivity contribution in [2.45, 2.75) is 36.6 Å². The van der Waals surface area contributed by atoms with Crippen molar-refractivity contribution >= 4 is 45.8 Å². The quantitative estimate of drug-likeness (QED) is 0.206. The molecule has 0 aliphatic heterocycles. The number of alkyl halides is 16. The molecule has 0 unspecified atom stereocenters. The fourth-order valence-electron chi connectivity index (χ4n) is 4.08. The molecule has 0 saturated carbocycles. The van der Waals surface area contributed by atoms with Crippen molar-refractivity contribution in [2.24, 2.45) is 0 Å². The molecule has 5 nitrogen and oxygen atoms in total. The van der Waals surface area contributed by atoms with Crippen LogP contribution in [-0.2, 0) is 24.2 Å². The van der Waals surface area contributed by atoms with Gasteiger partial charge in [0.2, 0.25) is 0 Å². The molecular weight excluding hydrogens is 836 g/mol. The van der Waals surface area contributed by atoms with Crippen LogP contribution in [0, 0.1) is 9.39 Å². The van der Waals surface area contributed by atoms with Gasteiger partial charge in [0, 0.05) is 16.2 Å². The molecule has 2 amide bonds. The molecule has 0 spiro atoms. The minimum Gasteiger partial charge on any atom is -0.320 e. The average Bonchev–Trinajstić information content (AvgIpc) is 2.93. The molecule has 0 aliphatic rings. The number of aromatic nitrogens is 1. The molecule has 3 aromatic rings. The first-order chi connectivity index (χ1) is 21.9. The number of carbonyl (C=O) groups excluding carboxylic acids is 2. The van der Waals surface area contributed by atoms with E-state index in [9.17, 15) is 79.8 Å². The van der Waals surface area contributed by atoms with Gasteiger partial charge in [0.15, 0.2) is 11.5 Å². The van der Waals surface area contributed by atoms with Crippen LogP contribution in [0.3, 0.4) is 0 Å². The van der Waals surface area contributed by atoms with Crippen molar-refractivity contribution in [3.8, 4) is 0 Å². The second-order valence-corrected chi connectivity index (χ2v) is 10.7. The molecule has 1 heterocycles. The Morgan fingerprint density at radius 3 is 1.76 bits per heavy atom. The predicted molar refractivity (Wildman–Crippen MR) is 140 cm³/mol. The van der Waals surface area contributed by atoms with Gasteiger partial charge in [-0.15, -0.1) is 0 Å². The summed E-state index contributed by atoms with van der Waals surface area (Å²) in [5.41, 5.74) is -21.3. The number of rotatable bonds is 5. The maximum Gasteiger partial charge on any atom is 0.435 e. The van der Waals surface area contributed by atoms with Crippen LogP contribution < -0.4 is 10.2 Å². The van der Waals surface area contributed by atoms with E-state index in [1.165, 1.54) is 5.32 Å². The Morgan fingerprint density at radius 2 is 1.29 bits per heavy atom. The van der Waals surface area contributed by atoms with Gasteiger partial charge in [-0.2, -0.15) is 65.9 Å². The van der Waals surface area contributed by atoms with Crippen LogP contribution in [0.15, 0.2) is 42.5 Å². The van der Waals surface area contributed by atoms with Crippen LogP contribution in [0.2, 0.25) is 0 Å². The maximum atomic E-state index is 15.5. The third-order valence-electron chi connectivity index (χ3n) is 6.39. The van der Waals surface area contributed by atoms with Crippen LogP contribution in [0.4, 0.5) is 86.0 Å². The Morgan fingerprint density at radius 1 is 0.735 bits per heavy atom. The highest BCUT2D eigenvalue weighted by molar-refractivity contribution is 14.1. The Hall–Kier alpha value is -3.93. The second kappa shape index (κ2) is 12.8. The van der Waals surface area contributed by atoms with Crippen molar-refractivity contribution in [3.05, 3.63) is 85.5 Å². The van der Waals surface area contributed by atoms with Gasteiger partial charge in [-0.25, -0.2) is 13.8 Å². The highest BCUT2D eigenvalue weighted by Gasteiger charge is 2.73. The van der Waals surface area contributed by atoms with Gasteiger partial charge in [0.05, 0.1) is 28.1 Å². The lowest BCUT2D eigenvalue weighted by Gasteiger charge is -2.31. The third-order valence-corrected chi connectivity index (χ3v) is 7.24. The van der Waals surface area contributed by atoms with Crippen LogP contribution in [0.25, 0.3) is 0 Å². The molecule has 0 saturated heterocycles. The zero-order valence-corrected chi connectivity index (χ0v) is 25.2. The van der Waals surface area contributed by atoms with Crippen molar-refractivity contribution in [3.63, 3.8) is 0 Å². The summed E-state index contributed by atoms with van der Waals surface area (Å²) in [5, 5.41) is 1.41. The number of nitrogens with zero attached hydrogens (tertiary/aromatic N) is 2. The summed E-state index contributed by atoms with van der Waals surface area (Å²) in [5.74, 6) is -5.62. The molecule has 2 aromatic carbocycles. The van der Waals surface area contributed by atoms with E-state index in [1.54, 1.807) is 0 Å². The van der Waals surface area contributed by atoms with Crippen LogP contribution in [-0.4, -0.2) is 36.2 Å². The summed E-state index contributed by atoms with van der Waals surface area (Å²) in [7, 11) is 0.578. The van der Waals surface area contributed by atoms with E-state index in [2.05, 4.69) is 4.98 Å². The first-order valence-corrected chi connectivity index (χ1v) is 13.3. The van der Waals surface area contributed by atoms with Gasteiger partial charge >= 0.3 is 36.6 Å². The molecule has 49 heavy (non-hydrogen) atoms. The fraction of sp³-hybridized carbons (Fsp3) is 0.269. The van der Waals surface area contributed by atoms with E-state index in [0.717, 1.165) is 28.7 Å². The Bertz CT molecular complexity index is 1760. The summed E-state index contributed by atoms with van der Waals surface area (Å²) >= 11 is 0.727. The van der Waals surface area contributed by atoms with E-state index >= 15 is 4.39 Å². The molecule has 0 fully saturated rings. The maximum absolute atomic E-state index is 15.5. The number of benzene rings is 2. The predicted octanol–water partition coefficient (Wildman–Crippen LogP) is 9.70. The second-order valence-electron chi connectivity index (χ2n) is 9.58. The van der Waals surface area contributed by atoms with Gasteiger partial charge in [-0.05, 0) is 59.0 Å². The normalized spacial score (nSPS) is 13.4. The van der Waals surface area contributed by atoms with Crippen molar-refractivity contribution in [1.82, 2.24) is 4.98 Å². The number of anilines is 2. The van der Waals surface area contributed by atoms with Crippen molar-refractivity contribution < 1.29 is 84.2 Å². The Balaban J connectivity index is 2.10. The molecule has 0 radical (unpaired) electrons. The van der Waals surface area contributed by atoms with Crippen molar-refractivity contribution in [2.75, 3.05) is 17.3 Å². The zero-order valence-electron chi connectivity index (χ0n) is 23.1. The Kier molecular flexibility index (Phi) is 10.3. The number of pyridine rings is 1. The summed E-state index contributed by atoms with van der Waals surface area (Å²) < 4.78 is 229. The van der Waals surface area contributed by atoms with Gasteiger partial charge in [-0.3, -0.25) is 9.59 Å². The average molecular weight is 847 g/mol. The smallest absolute Gasteiger partial charge is 0.320 e. The van der Waals surface area contributed by atoms with E-state index in [1.807, 2.05) is 0 Å². The molecule has 1 N–H and O–H groups in total. The number of hydrogen-bond acceptors (Lipinski definition) is 3.